The number of hydrogen-bond acceptors (Lipinski definition) is 4. The lowest BCUT2D eigenvalue weighted by Gasteiger charge is -2.09. The van der Waals surface area contributed by atoms with E-state index in [9.17, 15) is 9.59 Å². The van der Waals surface area contributed by atoms with Crippen LogP contribution in [0, 0.1) is 6.92 Å². The molecule has 1 aliphatic heterocycles. The van der Waals surface area contributed by atoms with Crippen molar-refractivity contribution in [1.29, 1.82) is 0 Å². The molecule has 6 heteroatoms. The maximum absolute atomic E-state index is 12.1. The number of aliphatic carboxylic acids is 1. The Hall–Kier alpha value is -1.27. The van der Waals surface area contributed by atoms with Gasteiger partial charge in [-0.2, -0.15) is 11.8 Å². The number of carbonyl (C=O) groups excluding carboxylic acids is 1. The predicted molar refractivity (Wildman–Crippen MR) is 78.9 cm³/mol. The lowest BCUT2D eigenvalue weighted by Crippen LogP contribution is -2.34. The van der Waals surface area contributed by atoms with Crippen LogP contribution >= 0.6 is 23.1 Å². The zero-order valence-corrected chi connectivity index (χ0v) is 12.1. The van der Waals surface area contributed by atoms with Gasteiger partial charge in [-0.05, 0) is 36.8 Å². The molecule has 0 radical (unpaired) electrons. The van der Waals surface area contributed by atoms with Crippen molar-refractivity contribution in [2.45, 2.75) is 19.4 Å². The number of carboxylic acid groups (broad SMARTS) is 1. The zero-order chi connectivity index (χ0) is 13.8. The predicted octanol–water partition coefficient (Wildman–Crippen LogP) is 2.39. The SMILES string of the molecule is Cc1cc(C(=O)NC2CCSC2)sc1/C=C/C(=O)O. The second-order valence-electron chi connectivity index (χ2n) is 4.36. The molecule has 1 fully saturated rings. The van der Waals surface area contributed by atoms with Crippen LogP contribution in [0.1, 0.15) is 26.5 Å². The summed E-state index contributed by atoms with van der Waals surface area (Å²) in [6.45, 7) is 1.88. The number of carbonyl (C=O) groups is 2. The Labute approximate surface area is 119 Å². The van der Waals surface area contributed by atoms with Gasteiger partial charge in [-0.15, -0.1) is 11.3 Å². The summed E-state index contributed by atoms with van der Waals surface area (Å²) in [5.41, 5.74) is 0.924. The van der Waals surface area contributed by atoms with Crippen molar-refractivity contribution in [2.24, 2.45) is 0 Å². The second kappa shape index (κ2) is 6.25. The molecule has 0 spiro atoms. The summed E-state index contributed by atoms with van der Waals surface area (Å²) >= 11 is 3.18. The van der Waals surface area contributed by atoms with Gasteiger partial charge in [0, 0.05) is 22.7 Å². The molecule has 4 nitrogen and oxygen atoms in total. The van der Waals surface area contributed by atoms with E-state index in [2.05, 4.69) is 5.32 Å². The van der Waals surface area contributed by atoms with Gasteiger partial charge in [-0.3, -0.25) is 4.79 Å². The number of thioether (sulfide) groups is 1. The molecule has 102 valence electrons. The van der Waals surface area contributed by atoms with Crippen LogP contribution < -0.4 is 5.32 Å². The quantitative estimate of drug-likeness (QED) is 0.838. The van der Waals surface area contributed by atoms with Crippen LogP contribution in [0.3, 0.4) is 0 Å². The molecule has 1 aromatic rings. The molecule has 1 saturated heterocycles. The van der Waals surface area contributed by atoms with E-state index in [1.165, 1.54) is 17.4 Å². The normalized spacial score (nSPS) is 18.9. The number of rotatable bonds is 4. The summed E-state index contributed by atoms with van der Waals surface area (Å²) in [5, 5.41) is 11.6. The molecule has 2 heterocycles. The first-order chi connectivity index (χ1) is 9.06. The van der Waals surface area contributed by atoms with E-state index in [4.69, 9.17) is 5.11 Å². The fourth-order valence-corrected chi connectivity index (χ4v) is 3.96. The third-order valence-corrected chi connectivity index (χ3v) is 5.19. The Balaban J connectivity index is 2.05. The minimum atomic E-state index is -0.984. The topological polar surface area (TPSA) is 66.4 Å². The molecule has 0 saturated carbocycles. The van der Waals surface area contributed by atoms with Crippen LogP contribution in [0.5, 0.6) is 0 Å². The number of aryl methyl sites for hydroxylation is 1. The fourth-order valence-electron chi connectivity index (χ4n) is 1.83. The van der Waals surface area contributed by atoms with E-state index in [0.717, 1.165) is 34.4 Å². The molecule has 1 amide bonds. The van der Waals surface area contributed by atoms with Crippen molar-refractivity contribution in [3.8, 4) is 0 Å². The highest BCUT2D eigenvalue weighted by molar-refractivity contribution is 7.99. The number of thiophene rings is 1. The maximum atomic E-state index is 12.1. The molecule has 0 aliphatic carbocycles. The molecule has 19 heavy (non-hydrogen) atoms. The molecule has 1 aromatic heterocycles. The van der Waals surface area contributed by atoms with Crippen LogP contribution in [0.4, 0.5) is 0 Å². The summed E-state index contributed by atoms with van der Waals surface area (Å²) in [5.74, 6) is 1.03. The second-order valence-corrected chi connectivity index (χ2v) is 6.60. The first-order valence-electron chi connectivity index (χ1n) is 5.96. The molecule has 2 N–H and O–H groups in total. The third kappa shape index (κ3) is 3.84. The molecule has 1 atom stereocenters. The van der Waals surface area contributed by atoms with Gasteiger partial charge in [0.25, 0.3) is 5.91 Å². The molecule has 1 unspecified atom stereocenters. The largest absolute Gasteiger partial charge is 0.478 e. The van der Waals surface area contributed by atoms with E-state index in [1.807, 2.05) is 24.8 Å². The van der Waals surface area contributed by atoms with Gasteiger partial charge in [-0.25, -0.2) is 4.79 Å². The van der Waals surface area contributed by atoms with Crippen LogP contribution in [-0.2, 0) is 4.79 Å². The van der Waals surface area contributed by atoms with Gasteiger partial charge in [0.2, 0.25) is 0 Å². The van der Waals surface area contributed by atoms with Crippen LogP contribution in [-0.4, -0.2) is 34.5 Å². The highest BCUT2D eigenvalue weighted by Crippen LogP contribution is 2.24. The van der Waals surface area contributed by atoms with Crippen LogP contribution in [0.15, 0.2) is 12.1 Å². The minimum absolute atomic E-state index is 0.0597. The molecular weight excluding hydrogens is 282 g/mol. The van der Waals surface area contributed by atoms with Crippen molar-refractivity contribution in [3.05, 3.63) is 27.5 Å². The lowest BCUT2D eigenvalue weighted by atomic mass is 10.2. The van der Waals surface area contributed by atoms with E-state index < -0.39 is 5.97 Å². The monoisotopic (exact) mass is 297 g/mol. The summed E-state index contributed by atoms with van der Waals surface area (Å²) in [7, 11) is 0. The number of carboxylic acids is 1. The Bertz CT molecular complexity index is 516. The average Bonchev–Trinajstić information content (AvgIpc) is 2.96. The summed E-state index contributed by atoms with van der Waals surface area (Å²) in [6.07, 6.45) is 3.64. The molecule has 2 rings (SSSR count). The number of hydrogen-bond donors (Lipinski definition) is 2. The van der Waals surface area contributed by atoms with Gasteiger partial charge in [0.1, 0.15) is 0 Å². The molecule has 0 aromatic carbocycles. The summed E-state index contributed by atoms with van der Waals surface area (Å²) < 4.78 is 0. The van der Waals surface area contributed by atoms with Crippen LogP contribution in [0.2, 0.25) is 0 Å². The molecular formula is C13H15NO3S2. The highest BCUT2D eigenvalue weighted by atomic mass is 32.2. The molecule has 0 bridgehead atoms. The van der Waals surface area contributed by atoms with E-state index in [1.54, 1.807) is 0 Å². The Morgan fingerprint density at radius 1 is 1.53 bits per heavy atom. The van der Waals surface area contributed by atoms with Gasteiger partial charge < -0.3 is 10.4 Å². The van der Waals surface area contributed by atoms with Crippen molar-refractivity contribution in [3.63, 3.8) is 0 Å². The highest BCUT2D eigenvalue weighted by Gasteiger charge is 2.19. The smallest absolute Gasteiger partial charge is 0.328 e. The van der Waals surface area contributed by atoms with Crippen molar-refractivity contribution < 1.29 is 14.7 Å². The minimum Gasteiger partial charge on any atom is -0.478 e. The summed E-state index contributed by atoms with van der Waals surface area (Å²) in [4.78, 5) is 24.0. The van der Waals surface area contributed by atoms with Gasteiger partial charge >= 0.3 is 5.97 Å². The standard InChI is InChI=1S/C13H15NO3S2/c1-8-6-11(19-10(8)2-3-12(15)16)13(17)14-9-4-5-18-7-9/h2-3,6,9H,4-5,7H2,1H3,(H,14,17)(H,15,16)/b3-2+. The number of nitrogens with one attached hydrogen (secondary N) is 1. The van der Waals surface area contributed by atoms with Gasteiger partial charge in [0.05, 0.1) is 4.88 Å². The number of amides is 1. The van der Waals surface area contributed by atoms with Crippen molar-refractivity contribution in [1.82, 2.24) is 5.32 Å². The van der Waals surface area contributed by atoms with Crippen LogP contribution in [0.25, 0.3) is 6.08 Å². The van der Waals surface area contributed by atoms with Crippen molar-refractivity contribution in [2.75, 3.05) is 11.5 Å². The fraction of sp³-hybridized carbons (Fsp3) is 0.385. The van der Waals surface area contributed by atoms with E-state index in [0.29, 0.717) is 4.88 Å². The molecule has 1 aliphatic rings. The van der Waals surface area contributed by atoms with Gasteiger partial charge in [0.15, 0.2) is 0 Å². The first-order valence-corrected chi connectivity index (χ1v) is 7.93. The van der Waals surface area contributed by atoms with E-state index >= 15 is 0 Å². The first kappa shape index (κ1) is 14.1. The summed E-state index contributed by atoms with van der Waals surface area (Å²) in [6, 6.07) is 2.07. The Morgan fingerprint density at radius 3 is 2.95 bits per heavy atom. The van der Waals surface area contributed by atoms with Crippen molar-refractivity contribution >= 4 is 41.1 Å². The zero-order valence-electron chi connectivity index (χ0n) is 10.5. The average molecular weight is 297 g/mol. The Kier molecular flexibility index (Phi) is 4.66. The van der Waals surface area contributed by atoms with Gasteiger partial charge in [-0.1, -0.05) is 0 Å². The van der Waals surface area contributed by atoms with E-state index in [-0.39, 0.29) is 11.9 Å². The Morgan fingerprint density at radius 2 is 2.32 bits per heavy atom. The maximum Gasteiger partial charge on any atom is 0.328 e. The third-order valence-electron chi connectivity index (χ3n) is 2.82. The lowest BCUT2D eigenvalue weighted by molar-refractivity contribution is -0.131.